The van der Waals surface area contributed by atoms with Gasteiger partial charge < -0.3 is 15.6 Å². The fourth-order valence-corrected chi connectivity index (χ4v) is 4.57. The van der Waals surface area contributed by atoms with Gasteiger partial charge in [-0.15, -0.1) is 5.10 Å². The van der Waals surface area contributed by atoms with Crippen LogP contribution in [0.2, 0.25) is 5.02 Å². The van der Waals surface area contributed by atoms with Crippen LogP contribution in [0, 0.1) is 17.1 Å². The lowest BCUT2D eigenvalue weighted by atomic mass is 10.0. The average Bonchev–Trinajstić information content (AvgIpc) is 3.41. The summed E-state index contributed by atoms with van der Waals surface area (Å²) in [6.07, 6.45) is 9.33. The van der Waals surface area contributed by atoms with Gasteiger partial charge in [-0.2, -0.15) is 5.26 Å². The summed E-state index contributed by atoms with van der Waals surface area (Å²) in [5.74, 6) is 0.411. The molecule has 2 aromatic carbocycles. The summed E-state index contributed by atoms with van der Waals surface area (Å²) in [7, 11) is 0. The maximum atomic E-state index is 13.8. The Labute approximate surface area is 224 Å². The predicted molar refractivity (Wildman–Crippen MR) is 142 cm³/mol. The van der Waals surface area contributed by atoms with Crippen molar-refractivity contribution >= 4 is 33.9 Å². The molecule has 11 heteroatoms. The molecule has 3 aromatic heterocycles. The molecule has 6 rings (SSSR count). The minimum absolute atomic E-state index is 0.282. The fourth-order valence-electron chi connectivity index (χ4n) is 4.30. The number of nitrogens with one attached hydrogen (secondary N) is 3. The zero-order valence-electron chi connectivity index (χ0n) is 21.1. The molecule has 9 nitrogen and oxygen atoms in total. The molecule has 0 aliphatic heterocycles. The highest BCUT2D eigenvalue weighted by molar-refractivity contribution is 6.35. The van der Waals surface area contributed by atoms with Crippen LogP contribution in [0.4, 0.5) is 15.8 Å². The van der Waals surface area contributed by atoms with Crippen LogP contribution in [-0.4, -0.2) is 36.5 Å². The average molecular weight is 529 g/mol. The van der Waals surface area contributed by atoms with E-state index in [4.69, 9.17) is 11.6 Å². The van der Waals surface area contributed by atoms with Crippen molar-refractivity contribution in [3.8, 4) is 6.07 Å². The number of fused-ring (bicyclic) bond motifs is 1. The maximum absolute atomic E-state index is 13.8. The van der Waals surface area contributed by atoms with Gasteiger partial charge in [-0.3, -0.25) is 4.98 Å². The summed E-state index contributed by atoms with van der Waals surface area (Å²) in [5.41, 5.74) is 2.79. The highest BCUT2D eigenvalue weighted by atomic mass is 35.5. The summed E-state index contributed by atoms with van der Waals surface area (Å²) >= 11 is 6.67. The second kappa shape index (κ2) is 10.1. The molecule has 0 radical (unpaired) electrons. The van der Waals surface area contributed by atoms with Gasteiger partial charge in [0.2, 0.25) is 0 Å². The molecular formula is C27H23ClFN9. The van der Waals surface area contributed by atoms with Gasteiger partial charge in [0.1, 0.15) is 23.4 Å². The van der Waals surface area contributed by atoms with Crippen LogP contribution < -0.4 is 10.6 Å². The second-order valence-corrected chi connectivity index (χ2v) is 9.45. The Morgan fingerprint density at radius 2 is 2.11 bits per heavy atom. The molecule has 0 amide bonds. The maximum Gasteiger partial charge on any atom is 0.123 e. The molecule has 1 atom stereocenters. The van der Waals surface area contributed by atoms with E-state index in [0.717, 1.165) is 18.7 Å². The summed E-state index contributed by atoms with van der Waals surface area (Å²) in [6, 6.07) is 10.0. The van der Waals surface area contributed by atoms with Crippen LogP contribution in [0.15, 0.2) is 61.2 Å². The monoisotopic (exact) mass is 528 g/mol. The molecule has 0 unspecified atom stereocenters. The van der Waals surface area contributed by atoms with Gasteiger partial charge in [0, 0.05) is 42.6 Å². The predicted octanol–water partition coefficient (Wildman–Crippen LogP) is 5.40. The number of H-pyrrole nitrogens is 1. The highest BCUT2D eigenvalue weighted by Gasteiger charge is 2.27. The lowest BCUT2D eigenvalue weighted by Crippen LogP contribution is -2.13. The van der Waals surface area contributed by atoms with Gasteiger partial charge in [-0.05, 0) is 42.7 Å². The minimum Gasteiger partial charge on any atom is -0.383 e. The number of benzene rings is 2. The fraction of sp³-hybridized carbons (Fsp3) is 0.222. The van der Waals surface area contributed by atoms with E-state index in [0.29, 0.717) is 57.1 Å². The van der Waals surface area contributed by atoms with Crippen molar-refractivity contribution in [2.45, 2.75) is 31.3 Å². The summed E-state index contributed by atoms with van der Waals surface area (Å²) in [4.78, 5) is 11.7. The summed E-state index contributed by atoms with van der Waals surface area (Å²) in [5, 5.41) is 25.9. The van der Waals surface area contributed by atoms with Crippen LogP contribution in [0.5, 0.6) is 0 Å². The quantitative estimate of drug-likeness (QED) is 0.234. The number of anilines is 2. The van der Waals surface area contributed by atoms with Crippen molar-refractivity contribution in [3.05, 3.63) is 94.7 Å². The Balaban J connectivity index is 1.40. The molecular weight excluding hydrogens is 505 g/mol. The molecule has 1 aliphatic rings. The lowest BCUT2D eigenvalue weighted by molar-refractivity contribution is 0.610. The number of imidazole rings is 1. The number of pyridine rings is 1. The van der Waals surface area contributed by atoms with E-state index in [9.17, 15) is 11.0 Å². The molecule has 3 N–H and O–H groups in total. The van der Waals surface area contributed by atoms with Gasteiger partial charge >= 0.3 is 0 Å². The first-order chi connectivity index (χ1) is 18.9. The second-order valence-electron chi connectivity index (χ2n) is 9.05. The van der Waals surface area contributed by atoms with E-state index in [-0.39, 0.29) is 6.04 Å². The smallest absolute Gasteiger partial charge is 0.123 e. The van der Waals surface area contributed by atoms with Crippen molar-refractivity contribution in [2.75, 3.05) is 17.2 Å². The van der Waals surface area contributed by atoms with Crippen molar-refractivity contribution in [2.24, 2.45) is 0 Å². The van der Waals surface area contributed by atoms with E-state index in [1.165, 1.54) is 18.3 Å². The van der Waals surface area contributed by atoms with Crippen molar-refractivity contribution in [1.29, 1.82) is 5.26 Å². The first kappa shape index (κ1) is 22.7. The standard InChI is InChI=1S/C27H23ClFN9/c28-22-12-19(11-21-25(17(13-30)14-34-27(21)22)33-8-7-24-31-9-10-32-24)35-26(16-1-3-18(29)4-2-16)23-15-38(37-36-23)20-5-6-20/h1-4,9-12,14-15,20,26,35H,5-8H2,(H,31,32)(H,33,34)/t26-/m1/s1/i26D. The zero-order chi connectivity index (χ0) is 27.0. The van der Waals surface area contributed by atoms with Crippen molar-refractivity contribution in [1.82, 2.24) is 29.9 Å². The van der Waals surface area contributed by atoms with Crippen LogP contribution in [0.3, 0.4) is 0 Å². The molecule has 1 fully saturated rings. The third-order valence-electron chi connectivity index (χ3n) is 6.35. The first-order valence-corrected chi connectivity index (χ1v) is 12.5. The molecule has 38 heavy (non-hydrogen) atoms. The number of aromatic amines is 1. The topological polar surface area (TPSA) is 120 Å². The van der Waals surface area contributed by atoms with Crippen molar-refractivity contribution < 1.29 is 5.76 Å². The molecule has 1 aliphatic carbocycles. The van der Waals surface area contributed by atoms with Crippen molar-refractivity contribution in [3.63, 3.8) is 0 Å². The third-order valence-corrected chi connectivity index (χ3v) is 6.64. The van der Waals surface area contributed by atoms with Gasteiger partial charge in [-0.1, -0.05) is 28.9 Å². The number of nitrogens with zero attached hydrogens (tertiary/aromatic N) is 6. The Kier molecular flexibility index (Phi) is 6.03. The molecule has 5 aromatic rings. The first-order valence-electron chi connectivity index (χ1n) is 12.7. The largest absolute Gasteiger partial charge is 0.383 e. The van der Waals surface area contributed by atoms with Gasteiger partial charge in [0.25, 0.3) is 0 Å². The van der Waals surface area contributed by atoms with E-state index in [2.05, 4.69) is 42.0 Å². The van der Waals surface area contributed by atoms with Crippen LogP contribution in [0.1, 0.15) is 48.9 Å². The summed E-state index contributed by atoms with van der Waals surface area (Å²) < 4.78 is 25.0. The molecule has 1 saturated carbocycles. The van der Waals surface area contributed by atoms with Gasteiger partial charge in [-0.25, -0.2) is 14.1 Å². The van der Waals surface area contributed by atoms with E-state index >= 15 is 0 Å². The Morgan fingerprint density at radius 3 is 2.84 bits per heavy atom. The number of nitriles is 1. The minimum atomic E-state index is -1.61. The Bertz CT molecular complexity index is 1680. The number of halogens is 2. The normalized spacial score (nSPS) is 15.0. The van der Waals surface area contributed by atoms with E-state index in [1.54, 1.807) is 47.5 Å². The van der Waals surface area contributed by atoms with Gasteiger partial charge in [0.15, 0.2) is 0 Å². The van der Waals surface area contributed by atoms with Crippen LogP contribution in [-0.2, 0) is 6.42 Å². The summed E-state index contributed by atoms with van der Waals surface area (Å²) in [6.45, 7) is 0.513. The van der Waals surface area contributed by atoms with Gasteiger partial charge in [0.05, 0.1) is 41.4 Å². The molecule has 0 spiro atoms. The number of hydrogen-bond acceptors (Lipinski definition) is 7. The molecule has 0 bridgehead atoms. The highest BCUT2D eigenvalue weighted by Crippen LogP contribution is 2.37. The molecule has 190 valence electrons. The SMILES string of the molecule is [2H][C@@](Nc1cc(Cl)c2ncc(C#N)c(NCCc3ncc[nH]3)c2c1)(c1ccc(F)cc1)c1cn(C2CC2)nn1. The van der Waals surface area contributed by atoms with Crippen LogP contribution >= 0.6 is 11.6 Å². The Hall–Kier alpha value is -4.49. The van der Waals surface area contributed by atoms with Crippen LogP contribution in [0.25, 0.3) is 10.9 Å². The number of rotatable bonds is 9. The van der Waals surface area contributed by atoms with E-state index < -0.39 is 11.8 Å². The lowest BCUT2D eigenvalue weighted by Gasteiger charge is -2.20. The zero-order valence-corrected chi connectivity index (χ0v) is 20.9. The molecule has 0 saturated heterocycles. The molecule has 3 heterocycles. The third kappa shape index (κ3) is 4.88. The Morgan fingerprint density at radius 1 is 1.26 bits per heavy atom. The number of aromatic nitrogens is 6. The van der Waals surface area contributed by atoms with E-state index in [1.807, 2.05) is 0 Å². The number of hydrogen-bond donors (Lipinski definition) is 3.